The van der Waals surface area contributed by atoms with Crippen LogP contribution in [0.25, 0.3) is 0 Å². The number of hydrogen-bond donors (Lipinski definition) is 1. The van der Waals surface area contributed by atoms with E-state index >= 15 is 0 Å². The Morgan fingerprint density at radius 2 is 2.00 bits per heavy atom. The number of nitrogens with zero attached hydrogens (tertiary/aromatic N) is 3. The van der Waals surface area contributed by atoms with Gasteiger partial charge < -0.3 is 14.8 Å². The van der Waals surface area contributed by atoms with Crippen LogP contribution in [-0.4, -0.2) is 60.9 Å². The summed E-state index contributed by atoms with van der Waals surface area (Å²) in [5, 5.41) is 3.67. The van der Waals surface area contributed by atoms with Gasteiger partial charge in [-0.3, -0.25) is 4.90 Å². The molecule has 1 saturated heterocycles. The fourth-order valence-electron chi connectivity index (χ4n) is 2.51. The number of ether oxygens (including phenoxy) is 2. The van der Waals surface area contributed by atoms with Crippen LogP contribution >= 0.6 is 11.6 Å². The number of anilines is 1. The fourth-order valence-corrected chi connectivity index (χ4v) is 2.69. The van der Waals surface area contributed by atoms with Crippen LogP contribution in [0.1, 0.15) is 11.3 Å². The van der Waals surface area contributed by atoms with Gasteiger partial charge in [-0.2, -0.15) is 0 Å². The van der Waals surface area contributed by atoms with Gasteiger partial charge in [0.1, 0.15) is 5.82 Å². The summed E-state index contributed by atoms with van der Waals surface area (Å²) in [4.78, 5) is 10.9. The Kier molecular flexibility index (Phi) is 4.67. The molecule has 0 amide bonds. The number of halogens is 1. The molecule has 0 radical (unpaired) electrons. The zero-order chi connectivity index (χ0) is 13.8. The molecule has 1 aromatic rings. The van der Waals surface area contributed by atoms with Crippen LogP contribution in [0.4, 0.5) is 5.82 Å². The van der Waals surface area contributed by atoms with Gasteiger partial charge in [0.15, 0.2) is 0 Å². The van der Waals surface area contributed by atoms with Gasteiger partial charge in [0.25, 0.3) is 0 Å². The lowest BCUT2D eigenvalue weighted by atomic mass is 10.1. The first-order valence-corrected chi connectivity index (χ1v) is 7.38. The van der Waals surface area contributed by atoms with E-state index in [-0.39, 0.29) is 0 Å². The molecule has 110 valence electrons. The second kappa shape index (κ2) is 6.67. The van der Waals surface area contributed by atoms with Crippen molar-refractivity contribution in [2.45, 2.75) is 13.0 Å². The molecule has 1 aromatic heterocycles. The van der Waals surface area contributed by atoms with Gasteiger partial charge >= 0.3 is 0 Å². The maximum Gasteiger partial charge on any atom is 0.224 e. The lowest BCUT2D eigenvalue weighted by Gasteiger charge is -2.27. The molecule has 0 unspecified atom stereocenters. The smallest absolute Gasteiger partial charge is 0.224 e. The lowest BCUT2D eigenvalue weighted by molar-refractivity contribution is 0.0398. The Morgan fingerprint density at radius 1 is 1.15 bits per heavy atom. The third kappa shape index (κ3) is 3.38. The molecule has 6 nitrogen and oxygen atoms in total. The number of nitrogens with one attached hydrogen (secondary N) is 1. The van der Waals surface area contributed by atoms with Crippen molar-refractivity contribution in [3.63, 3.8) is 0 Å². The largest absolute Gasteiger partial charge is 0.379 e. The molecule has 0 atom stereocenters. The maximum atomic E-state index is 5.98. The third-order valence-corrected chi connectivity index (χ3v) is 3.79. The molecule has 7 heteroatoms. The molecular formula is C13H19ClN4O2. The maximum absolute atomic E-state index is 5.98. The molecule has 0 spiro atoms. The predicted molar refractivity (Wildman–Crippen MR) is 76.2 cm³/mol. The average Bonchev–Trinajstić information content (AvgIpc) is 2.48. The highest BCUT2D eigenvalue weighted by molar-refractivity contribution is 6.28. The van der Waals surface area contributed by atoms with E-state index in [0.29, 0.717) is 18.5 Å². The van der Waals surface area contributed by atoms with Crippen molar-refractivity contribution in [2.24, 2.45) is 0 Å². The van der Waals surface area contributed by atoms with Crippen molar-refractivity contribution in [1.29, 1.82) is 0 Å². The summed E-state index contributed by atoms with van der Waals surface area (Å²) in [6.07, 6.45) is 0.801. The molecule has 2 aliphatic heterocycles. The predicted octanol–water partition coefficient (Wildman–Crippen LogP) is 0.947. The highest BCUT2D eigenvalue weighted by Gasteiger charge is 2.18. The van der Waals surface area contributed by atoms with Crippen LogP contribution < -0.4 is 5.32 Å². The zero-order valence-corrected chi connectivity index (χ0v) is 12.2. The Hall–Kier alpha value is -0.950. The molecule has 0 saturated carbocycles. The third-order valence-electron chi connectivity index (χ3n) is 3.62. The van der Waals surface area contributed by atoms with Gasteiger partial charge in [-0.25, -0.2) is 9.97 Å². The second-order valence-electron chi connectivity index (χ2n) is 4.95. The summed E-state index contributed by atoms with van der Waals surface area (Å²) in [6, 6.07) is 0. The Labute approximate surface area is 123 Å². The molecule has 1 N–H and O–H groups in total. The first-order valence-electron chi connectivity index (χ1n) is 7.00. The lowest BCUT2D eigenvalue weighted by Crippen LogP contribution is -2.39. The van der Waals surface area contributed by atoms with Gasteiger partial charge in [0, 0.05) is 38.2 Å². The topological polar surface area (TPSA) is 59.5 Å². The van der Waals surface area contributed by atoms with Crippen LogP contribution in [-0.2, 0) is 22.5 Å². The fraction of sp³-hybridized carbons (Fsp3) is 0.692. The van der Waals surface area contributed by atoms with Crippen LogP contribution in [0.2, 0.25) is 5.28 Å². The summed E-state index contributed by atoms with van der Waals surface area (Å²) in [5.41, 5.74) is 2.05. The first-order chi connectivity index (χ1) is 9.83. The molecule has 0 aromatic carbocycles. The first kappa shape index (κ1) is 14.0. The number of fused-ring (bicyclic) bond motifs is 1. The van der Waals surface area contributed by atoms with Gasteiger partial charge in [-0.15, -0.1) is 0 Å². The number of hydrogen-bond acceptors (Lipinski definition) is 6. The van der Waals surface area contributed by atoms with E-state index < -0.39 is 0 Å². The Balaban J connectivity index is 1.60. The summed E-state index contributed by atoms with van der Waals surface area (Å²) < 4.78 is 10.8. The van der Waals surface area contributed by atoms with Crippen LogP contribution in [0.5, 0.6) is 0 Å². The summed E-state index contributed by atoms with van der Waals surface area (Å²) in [6.45, 7) is 6.70. The van der Waals surface area contributed by atoms with Crippen molar-refractivity contribution >= 4 is 17.4 Å². The van der Waals surface area contributed by atoms with E-state index in [1.54, 1.807) is 0 Å². The molecule has 1 fully saturated rings. The van der Waals surface area contributed by atoms with Crippen molar-refractivity contribution in [2.75, 3.05) is 51.3 Å². The van der Waals surface area contributed by atoms with Crippen LogP contribution in [0.3, 0.4) is 0 Å². The second-order valence-corrected chi connectivity index (χ2v) is 5.29. The average molecular weight is 299 g/mol. The number of rotatable bonds is 4. The number of morpholine rings is 1. The van der Waals surface area contributed by atoms with E-state index in [1.807, 2.05) is 0 Å². The standard InChI is InChI=1S/C13H19ClN4O2/c14-13-16-11-1-6-20-9-10(11)12(17-13)15-2-3-18-4-7-19-8-5-18/h1-9H2,(H,15,16,17). The van der Waals surface area contributed by atoms with Gasteiger partial charge in [-0.1, -0.05) is 0 Å². The quantitative estimate of drug-likeness (QED) is 0.835. The molecule has 0 bridgehead atoms. The van der Waals surface area contributed by atoms with Crippen LogP contribution in [0, 0.1) is 0 Å². The molecule has 20 heavy (non-hydrogen) atoms. The van der Waals surface area contributed by atoms with Gasteiger partial charge in [-0.05, 0) is 11.6 Å². The minimum Gasteiger partial charge on any atom is -0.379 e. The molecule has 3 rings (SSSR count). The highest BCUT2D eigenvalue weighted by Crippen LogP contribution is 2.23. The normalized spacial score (nSPS) is 19.6. The minimum absolute atomic E-state index is 0.305. The van der Waals surface area contributed by atoms with Gasteiger partial charge in [0.2, 0.25) is 5.28 Å². The van der Waals surface area contributed by atoms with E-state index in [0.717, 1.165) is 62.9 Å². The molecule has 3 heterocycles. The van der Waals surface area contributed by atoms with E-state index in [1.165, 1.54) is 0 Å². The zero-order valence-electron chi connectivity index (χ0n) is 11.4. The minimum atomic E-state index is 0.305. The SMILES string of the molecule is Clc1nc2c(c(NCCN3CCOCC3)n1)COCC2. The highest BCUT2D eigenvalue weighted by atomic mass is 35.5. The molecular weight excluding hydrogens is 280 g/mol. The van der Waals surface area contributed by atoms with Crippen molar-refractivity contribution in [3.8, 4) is 0 Å². The molecule has 0 aliphatic carbocycles. The Bertz CT molecular complexity index is 466. The summed E-state index contributed by atoms with van der Waals surface area (Å²) in [5.74, 6) is 0.813. The van der Waals surface area contributed by atoms with Gasteiger partial charge in [0.05, 0.1) is 32.1 Å². The summed E-state index contributed by atoms with van der Waals surface area (Å²) in [7, 11) is 0. The van der Waals surface area contributed by atoms with Crippen molar-refractivity contribution in [3.05, 3.63) is 16.5 Å². The van der Waals surface area contributed by atoms with E-state index in [2.05, 4.69) is 20.2 Å². The van der Waals surface area contributed by atoms with Crippen LogP contribution in [0.15, 0.2) is 0 Å². The number of aromatic nitrogens is 2. The van der Waals surface area contributed by atoms with E-state index in [9.17, 15) is 0 Å². The molecule has 2 aliphatic rings. The van der Waals surface area contributed by atoms with Crippen molar-refractivity contribution < 1.29 is 9.47 Å². The summed E-state index contributed by atoms with van der Waals surface area (Å²) >= 11 is 5.98. The monoisotopic (exact) mass is 298 g/mol. The van der Waals surface area contributed by atoms with E-state index in [4.69, 9.17) is 21.1 Å². The van der Waals surface area contributed by atoms with Crippen molar-refractivity contribution in [1.82, 2.24) is 14.9 Å². The Morgan fingerprint density at radius 3 is 2.85 bits per heavy atom.